The normalized spacial score (nSPS) is 15.6. The number of esters is 1. The van der Waals surface area contributed by atoms with Gasteiger partial charge in [-0.15, -0.1) is 11.3 Å². The SMILES string of the molecule is CCOC(=O)C1CCN(Cc2nc3scc(-c4ccc(C)c(C)c4)c3c(=O)[nH]2)CC1. The molecule has 0 spiro atoms. The summed E-state index contributed by atoms with van der Waals surface area (Å²) in [6.45, 7) is 8.60. The predicted molar refractivity (Wildman–Crippen MR) is 120 cm³/mol. The van der Waals surface area contributed by atoms with E-state index in [2.05, 4.69) is 41.9 Å². The quantitative estimate of drug-likeness (QED) is 0.625. The number of nitrogens with zero attached hydrogens (tertiary/aromatic N) is 2. The number of aromatic nitrogens is 2. The summed E-state index contributed by atoms with van der Waals surface area (Å²) in [6.07, 6.45) is 1.56. The number of hydrogen-bond donors (Lipinski definition) is 1. The molecular formula is C23H27N3O3S. The number of thiophene rings is 1. The first kappa shape index (κ1) is 20.8. The molecule has 0 radical (unpaired) electrons. The third-order valence-corrected chi connectivity index (χ3v) is 6.76. The molecule has 1 fully saturated rings. The van der Waals surface area contributed by atoms with Crippen LogP contribution in [0.5, 0.6) is 0 Å². The highest BCUT2D eigenvalue weighted by Gasteiger charge is 2.26. The van der Waals surface area contributed by atoms with Crippen molar-refractivity contribution in [3.63, 3.8) is 0 Å². The van der Waals surface area contributed by atoms with Gasteiger partial charge in [-0.3, -0.25) is 14.5 Å². The first-order valence-electron chi connectivity index (χ1n) is 10.4. The molecule has 3 aromatic rings. The maximum atomic E-state index is 12.9. The number of nitrogens with one attached hydrogen (secondary N) is 1. The van der Waals surface area contributed by atoms with E-state index in [4.69, 9.17) is 9.72 Å². The van der Waals surface area contributed by atoms with Gasteiger partial charge in [-0.05, 0) is 63.4 Å². The van der Waals surface area contributed by atoms with Crippen LogP contribution in [-0.2, 0) is 16.1 Å². The fourth-order valence-corrected chi connectivity index (χ4v) is 4.96. The van der Waals surface area contributed by atoms with E-state index in [9.17, 15) is 9.59 Å². The number of carbonyl (C=O) groups excluding carboxylic acids is 1. The van der Waals surface area contributed by atoms with Crippen molar-refractivity contribution in [2.45, 2.75) is 40.2 Å². The number of rotatable bonds is 5. The number of hydrogen-bond acceptors (Lipinski definition) is 6. The van der Waals surface area contributed by atoms with Gasteiger partial charge in [-0.1, -0.05) is 18.2 Å². The maximum Gasteiger partial charge on any atom is 0.309 e. The van der Waals surface area contributed by atoms with E-state index in [1.54, 1.807) is 0 Å². The third-order valence-electron chi connectivity index (χ3n) is 5.89. The highest BCUT2D eigenvalue weighted by Crippen LogP contribution is 2.32. The summed E-state index contributed by atoms with van der Waals surface area (Å²) < 4.78 is 5.14. The zero-order valence-corrected chi connectivity index (χ0v) is 18.5. The standard InChI is InChI=1S/C23H27N3O3S/c1-4-29-23(28)16-7-9-26(10-8-16)12-19-24-21(27)20-18(13-30-22(20)25-19)17-6-5-14(2)15(3)11-17/h5-6,11,13,16H,4,7-10,12H2,1-3H3,(H,24,25,27). The van der Waals surface area contributed by atoms with E-state index >= 15 is 0 Å². The summed E-state index contributed by atoms with van der Waals surface area (Å²) >= 11 is 1.51. The van der Waals surface area contributed by atoms with Crippen molar-refractivity contribution < 1.29 is 9.53 Å². The van der Waals surface area contributed by atoms with Gasteiger partial charge in [0.05, 0.1) is 24.5 Å². The lowest BCUT2D eigenvalue weighted by Crippen LogP contribution is -2.37. The highest BCUT2D eigenvalue weighted by atomic mass is 32.1. The van der Waals surface area contributed by atoms with E-state index in [0.29, 0.717) is 24.4 Å². The molecule has 7 heteroatoms. The molecule has 3 heterocycles. The number of fused-ring (bicyclic) bond motifs is 1. The fourth-order valence-electron chi connectivity index (χ4n) is 3.99. The molecule has 2 aromatic heterocycles. The van der Waals surface area contributed by atoms with E-state index in [0.717, 1.165) is 41.9 Å². The van der Waals surface area contributed by atoms with Crippen LogP contribution in [0.25, 0.3) is 21.3 Å². The number of piperidine rings is 1. The van der Waals surface area contributed by atoms with Gasteiger partial charge in [0, 0.05) is 10.9 Å². The van der Waals surface area contributed by atoms with Gasteiger partial charge < -0.3 is 9.72 Å². The minimum atomic E-state index is -0.0949. The van der Waals surface area contributed by atoms with Crippen molar-refractivity contribution in [3.05, 3.63) is 50.9 Å². The van der Waals surface area contributed by atoms with Crippen molar-refractivity contribution >= 4 is 27.5 Å². The second kappa shape index (κ2) is 8.70. The van der Waals surface area contributed by atoms with Crippen molar-refractivity contribution in [2.24, 2.45) is 5.92 Å². The number of H-pyrrole nitrogens is 1. The van der Waals surface area contributed by atoms with Gasteiger partial charge in [-0.25, -0.2) is 4.98 Å². The number of benzene rings is 1. The van der Waals surface area contributed by atoms with Gasteiger partial charge in [0.2, 0.25) is 0 Å². The maximum absolute atomic E-state index is 12.9. The summed E-state index contributed by atoms with van der Waals surface area (Å²) in [6, 6.07) is 6.27. The number of likely N-dealkylation sites (tertiary alicyclic amines) is 1. The Morgan fingerprint density at radius 2 is 2.03 bits per heavy atom. The van der Waals surface area contributed by atoms with Crippen LogP contribution in [0.4, 0.5) is 0 Å². The number of aryl methyl sites for hydroxylation is 2. The zero-order chi connectivity index (χ0) is 21.3. The second-order valence-corrected chi connectivity index (χ2v) is 8.80. The van der Waals surface area contributed by atoms with Gasteiger partial charge in [0.1, 0.15) is 10.7 Å². The molecular weight excluding hydrogens is 398 g/mol. The molecule has 0 atom stereocenters. The van der Waals surface area contributed by atoms with Crippen molar-refractivity contribution in [3.8, 4) is 11.1 Å². The first-order valence-corrected chi connectivity index (χ1v) is 11.3. The Balaban J connectivity index is 1.52. The van der Waals surface area contributed by atoms with Crippen LogP contribution in [0.15, 0.2) is 28.4 Å². The highest BCUT2D eigenvalue weighted by molar-refractivity contribution is 7.17. The Bertz CT molecular complexity index is 1130. The lowest BCUT2D eigenvalue weighted by Gasteiger charge is -2.30. The average molecular weight is 426 g/mol. The molecule has 0 aliphatic carbocycles. The van der Waals surface area contributed by atoms with Gasteiger partial charge in [0.15, 0.2) is 0 Å². The molecule has 158 valence electrons. The molecule has 0 amide bonds. The van der Waals surface area contributed by atoms with Crippen molar-refractivity contribution in [1.29, 1.82) is 0 Å². The third kappa shape index (κ3) is 4.18. The fraction of sp³-hybridized carbons (Fsp3) is 0.435. The largest absolute Gasteiger partial charge is 0.466 e. The average Bonchev–Trinajstić information content (AvgIpc) is 3.15. The minimum absolute atomic E-state index is 0.0199. The van der Waals surface area contributed by atoms with E-state index in [1.165, 1.54) is 22.5 Å². The van der Waals surface area contributed by atoms with Crippen molar-refractivity contribution in [2.75, 3.05) is 19.7 Å². The molecule has 0 unspecified atom stereocenters. The predicted octanol–water partition coefficient (Wildman–Crippen LogP) is 4.04. The van der Waals surface area contributed by atoms with Crippen LogP contribution in [-0.4, -0.2) is 40.5 Å². The van der Waals surface area contributed by atoms with Crippen LogP contribution >= 0.6 is 11.3 Å². The van der Waals surface area contributed by atoms with Crippen LogP contribution in [0, 0.1) is 19.8 Å². The zero-order valence-electron chi connectivity index (χ0n) is 17.7. The summed E-state index contributed by atoms with van der Waals surface area (Å²) in [7, 11) is 0. The molecule has 4 rings (SSSR count). The van der Waals surface area contributed by atoms with Gasteiger partial charge in [0.25, 0.3) is 5.56 Å². The number of ether oxygens (including phenoxy) is 1. The van der Waals surface area contributed by atoms with E-state index in [-0.39, 0.29) is 17.4 Å². The minimum Gasteiger partial charge on any atom is -0.466 e. The smallest absolute Gasteiger partial charge is 0.309 e. The topological polar surface area (TPSA) is 75.3 Å². The molecule has 0 bridgehead atoms. The Hall–Kier alpha value is -2.51. The molecule has 1 aliphatic rings. The first-order chi connectivity index (χ1) is 14.5. The summed E-state index contributed by atoms with van der Waals surface area (Å²) in [5.74, 6) is 0.562. The molecule has 1 N–H and O–H groups in total. The number of aromatic amines is 1. The van der Waals surface area contributed by atoms with Crippen molar-refractivity contribution in [1.82, 2.24) is 14.9 Å². The van der Waals surface area contributed by atoms with Crippen LogP contribution in [0.3, 0.4) is 0 Å². The summed E-state index contributed by atoms with van der Waals surface area (Å²) in [5.41, 5.74) is 4.34. The molecule has 1 saturated heterocycles. The monoisotopic (exact) mass is 425 g/mol. The molecule has 0 saturated carbocycles. The lowest BCUT2D eigenvalue weighted by atomic mass is 9.97. The van der Waals surface area contributed by atoms with Crippen LogP contribution < -0.4 is 5.56 Å². The summed E-state index contributed by atoms with van der Waals surface area (Å²) in [5, 5.41) is 2.68. The number of carbonyl (C=O) groups is 1. The Labute approximate surface area is 179 Å². The molecule has 1 aromatic carbocycles. The Kier molecular flexibility index (Phi) is 6.01. The second-order valence-electron chi connectivity index (χ2n) is 7.94. The Morgan fingerprint density at radius 1 is 1.27 bits per heavy atom. The summed E-state index contributed by atoms with van der Waals surface area (Å²) in [4.78, 5) is 35.5. The Morgan fingerprint density at radius 3 is 2.73 bits per heavy atom. The van der Waals surface area contributed by atoms with Gasteiger partial charge in [-0.2, -0.15) is 0 Å². The van der Waals surface area contributed by atoms with Crippen LogP contribution in [0.1, 0.15) is 36.7 Å². The van der Waals surface area contributed by atoms with E-state index in [1.807, 2.05) is 12.3 Å². The molecule has 1 aliphatic heterocycles. The van der Waals surface area contributed by atoms with Gasteiger partial charge >= 0.3 is 5.97 Å². The van der Waals surface area contributed by atoms with E-state index < -0.39 is 0 Å². The lowest BCUT2D eigenvalue weighted by molar-refractivity contribution is -0.149. The molecule has 30 heavy (non-hydrogen) atoms. The van der Waals surface area contributed by atoms with Crippen LogP contribution in [0.2, 0.25) is 0 Å². The molecule has 6 nitrogen and oxygen atoms in total.